The number of nitrogens with zero attached hydrogens (tertiary/aromatic N) is 3. The van der Waals surface area contributed by atoms with E-state index in [0.717, 1.165) is 17.3 Å². The third kappa shape index (κ3) is 4.03. The van der Waals surface area contributed by atoms with Crippen molar-refractivity contribution in [3.05, 3.63) is 54.1 Å². The normalized spacial score (nSPS) is 19.1. The van der Waals surface area contributed by atoms with Crippen LogP contribution in [-0.2, 0) is 14.8 Å². The molecule has 1 N–H and O–H groups in total. The van der Waals surface area contributed by atoms with Crippen molar-refractivity contribution in [3.8, 4) is 0 Å². The largest absolute Gasteiger partial charge is 0.349 e. The van der Waals surface area contributed by atoms with Crippen LogP contribution in [0.2, 0.25) is 0 Å². The Morgan fingerprint density at radius 3 is 2.76 bits per heavy atom. The molecule has 0 aliphatic carbocycles. The van der Waals surface area contributed by atoms with Crippen molar-refractivity contribution in [2.75, 3.05) is 13.1 Å². The molecule has 3 aromatic rings. The third-order valence-electron chi connectivity index (χ3n) is 5.28. The van der Waals surface area contributed by atoms with Crippen LogP contribution in [0.5, 0.6) is 0 Å². The number of amides is 1. The van der Waals surface area contributed by atoms with Gasteiger partial charge >= 0.3 is 0 Å². The van der Waals surface area contributed by atoms with E-state index in [0.29, 0.717) is 30.4 Å². The van der Waals surface area contributed by atoms with Gasteiger partial charge in [-0.2, -0.15) is 13.1 Å². The van der Waals surface area contributed by atoms with Crippen molar-refractivity contribution >= 4 is 38.7 Å². The Morgan fingerprint density at radius 1 is 1.17 bits per heavy atom. The van der Waals surface area contributed by atoms with Crippen molar-refractivity contribution in [1.82, 2.24) is 18.4 Å². The molecule has 1 aliphatic heterocycles. The van der Waals surface area contributed by atoms with E-state index in [9.17, 15) is 13.2 Å². The van der Waals surface area contributed by atoms with Gasteiger partial charge in [0.25, 0.3) is 0 Å². The summed E-state index contributed by atoms with van der Waals surface area (Å²) in [6.07, 6.45) is 1.31. The molecule has 29 heavy (non-hydrogen) atoms. The average Bonchev–Trinajstić information content (AvgIpc) is 3.23. The summed E-state index contributed by atoms with van der Waals surface area (Å²) in [4.78, 5) is 13.0. The number of hydrogen-bond donors (Lipinski definition) is 1. The van der Waals surface area contributed by atoms with Gasteiger partial charge < -0.3 is 5.32 Å². The van der Waals surface area contributed by atoms with Gasteiger partial charge in [0.1, 0.15) is 15.9 Å². The van der Waals surface area contributed by atoms with Gasteiger partial charge in [0.2, 0.25) is 15.9 Å². The Bertz CT molecular complexity index is 1110. The van der Waals surface area contributed by atoms with E-state index in [2.05, 4.69) is 14.1 Å². The van der Waals surface area contributed by atoms with E-state index in [1.807, 2.05) is 37.3 Å². The maximum Gasteiger partial charge on any atom is 0.245 e. The number of fused-ring (bicyclic) bond motifs is 1. The number of rotatable bonds is 5. The Morgan fingerprint density at radius 2 is 1.97 bits per heavy atom. The zero-order valence-electron chi connectivity index (χ0n) is 16.0. The molecule has 0 spiro atoms. The number of piperidine rings is 1. The van der Waals surface area contributed by atoms with E-state index in [1.165, 1.54) is 4.31 Å². The molecule has 1 aliphatic rings. The molecule has 2 atom stereocenters. The summed E-state index contributed by atoms with van der Waals surface area (Å²) in [5.41, 5.74) is 1.98. The first-order valence-electron chi connectivity index (χ1n) is 9.53. The van der Waals surface area contributed by atoms with Crippen LogP contribution in [0.3, 0.4) is 0 Å². The molecular weight excluding hydrogens is 408 g/mol. The predicted octanol–water partition coefficient (Wildman–Crippen LogP) is 2.97. The molecule has 0 unspecified atom stereocenters. The molecule has 0 bridgehead atoms. The number of aromatic nitrogens is 2. The van der Waals surface area contributed by atoms with Gasteiger partial charge in [-0.25, -0.2) is 8.42 Å². The van der Waals surface area contributed by atoms with E-state index >= 15 is 0 Å². The van der Waals surface area contributed by atoms with Crippen LogP contribution < -0.4 is 5.32 Å². The second-order valence-electron chi connectivity index (χ2n) is 7.23. The zero-order chi connectivity index (χ0) is 20.4. The fourth-order valence-electron chi connectivity index (χ4n) is 3.66. The maximum absolute atomic E-state index is 13.2. The van der Waals surface area contributed by atoms with Gasteiger partial charge in [-0.3, -0.25) is 4.79 Å². The molecule has 7 nitrogen and oxygen atoms in total. The highest BCUT2D eigenvalue weighted by molar-refractivity contribution is 7.89. The average molecular weight is 431 g/mol. The summed E-state index contributed by atoms with van der Waals surface area (Å²) < 4.78 is 36.2. The summed E-state index contributed by atoms with van der Waals surface area (Å²) >= 11 is 0.993. The molecule has 152 valence electrons. The van der Waals surface area contributed by atoms with Crippen LogP contribution >= 0.6 is 11.7 Å². The Hall–Kier alpha value is -2.36. The highest BCUT2D eigenvalue weighted by Gasteiger charge is 2.35. The van der Waals surface area contributed by atoms with Gasteiger partial charge in [-0.15, -0.1) is 0 Å². The summed E-state index contributed by atoms with van der Waals surface area (Å²) in [6.45, 7) is 2.50. The van der Waals surface area contributed by atoms with Crippen LogP contribution in [-0.4, -0.2) is 40.5 Å². The number of carbonyl (C=O) groups excluding carboxylic acids is 1. The highest BCUT2D eigenvalue weighted by Crippen LogP contribution is 2.28. The fourth-order valence-corrected chi connectivity index (χ4v) is 5.94. The number of nitrogens with one attached hydrogen (secondary N) is 1. The molecular formula is C20H22N4O3S2. The predicted molar refractivity (Wildman–Crippen MR) is 112 cm³/mol. The molecule has 2 aromatic carbocycles. The number of benzene rings is 2. The molecule has 1 amide bonds. The van der Waals surface area contributed by atoms with E-state index < -0.39 is 10.0 Å². The van der Waals surface area contributed by atoms with Gasteiger partial charge in [-0.05, 0) is 37.5 Å². The lowest BCUT2D eigenvalue weighted by atomic mass is 9.98. The van der Waals surface area contributed by atoms with E-state index in [1.54, 1.807) is 18.2 Å². The molecule has 1 aromatic heterocycles. The van der Waals surface area contributed by atoms with Gasteiger partial charge in [0.05, 0.1) is 23.7 Å². The number of sulfonamides is 1. The highest BCUT2D eigenvalue weighted by atomic mass is 32.2. The standard InChI is InChI=1S/C20H22N4O3S2/c1-14(15-7-3-2-4-8-15)21-20(25)16-9-6-12-24(13-16)29(26,27)18-11-5-10-17-19(18)23-28-22-17/h2-5,7-8,10-11,14,16H,6,9,12-13H2,1H3,(H,21,25)/t14-,16+/m0/s1. The van der Waals surface area contributed by atoms with Crippen LogP contribution in [0.15, 0.2) is 53.4 Å². The Balaban J connectivity index is 1.50. The maximum atomic E-state index is 13.2. The minimum Gasteiger partial charge on any atom is -0.349 e. The first-order valence-corrected chi connectivity index (χ1v) is 11.7. The molecule has 9 heteroatoms. The second kappa shape index (κ2) is 8.17. The molecule has 0 saturated carbocycles. The number of carbonyl (C=O) groups is 1. The van der Waals surface area contributed by atoms with Crippen molar-refractivity contribution in [1.29, 1.82) is 0 Å². The van der Waals surface area contributed by atoms with Gasteiger partial charge in [0, 0.05) is 13.1 Å². The van der Waals surface area contributed by atoms with Crippen molar-refractivity contribution in [2.45, 2.75) is 30.7 Å². The van der Waals surface area contributed by atoms with Gasteiger partial charge in [0.15, 0.2) is 0 Å². The first kappa shape index (κ1) is 19.9. The summed E-state index contributed by atoms with van der Waals surface area (Å²) in [5, 5.41) is 3.02. The number of hydrogen-bond acceptors (Lipinski definition) is 6. The van der Waals surface area contributed by atoms with Crippen molar-refractivity contribution in [2.24, 2.45) is 5.92 Å². The van der Waals surface area contributed by atoms with E-state index in [4.69, 9.17) is 0 Å². The van der Waals surface area contributed by atoms with Crippen LogP contribution in [0, 0.1) is 5.92 Å². The fraction of sp³-hybridized carbons (Fsp3) is 0.350. The smallest absolute Gasteiger partial charge is 0.245 e. The van der Waals surface area contributed by atoms with Crippen molar-refractivity contribution < 1.29 is 13.2 Å². The lowest BCUT2D eigenvalue weighted by molar-refractivity contribution is -0.126. The van der Waals surface area contributed by atoms with Crippen LogP contribution in [0.25, 0.3) is 11.0 Å². The molecule has 0 radical (unpaired) electrons. The molecule has 4 rings (SSSR count). The Labute approximate surface area is 174 Å². The Kier molecular flexibility index (Phi) is 5.62. The monoisotopic (exact) mass is 430 g/mol. The third-order valence-corrected chi connectivity index (χ3v) is 7.72. The van der Waals surface area contributed by atoms with Crippen LogP contribution in [0.1, 0.15) is 31.4 Å². The lowest BCUT2D eigenvalue weighted by Gasteiger charge is -2.32. The lowest BCUT2D eigenvalue weighted by Crippen LogP contribution is -2.45. The van der Waals surface area contributed by atoms with Crippen molar-refractivity contribution in [3.63, 3.8) is 0 Å². The van der Waals surface area contributed by atoms with Crippen LogP contribution in [0.4, 0.5) is 0 Å². The minimum atomic E-state index is -3.75. The summed E-state index contributed by atoms with van der Waals surface area (Å²) in [7, 11) is -3.75. The second-order valence-corrected chi connectivity index (χ2v) is 9.67. The summed E-state index contributed by atoms with van der Waals surface area (Å²) in [5.74, 6) is -0.493. The van der Waals surface area contributed by atoms with Gasteiger partial charge in [-0.1, -0.05) is 36.4 Å². The topological polar surface area (TPSA) is 92.3 Å². The SMILES string of the molecule is C[C@H](NC(=O)[C@@H]1CCCN(S(=O)(=O)c2cccc3nsnc23)C1)c1ccccc1. The first-order chi connectivity index (χ1) is 14.0. The van der Waals surface area contributed by atoms with E-state index in [-0.39, 0.29) is 29.3 Å². The minimum absolute atomic E-state index is 0.116. The zero-order valence-corrected chi connectivity index (χ0v) is 17.6. The molecule has 1 saturated heterocycles. The molecule has 1 fully saturated rings. The quantitative estimate of drug-likeness (QED) is 0.672. The molecule has 2 heterocycles. The summed E-state index contributed by atoms with van der Waals surface area (Å²) in [6, 6.07) is 14.6.